The summed E-state index contributed by atoms with van der Waals surface area (Å²) in [6, 6.07) is 12.9. The zero-order chi connectivity index (χ0) is 15.2. The van der Waals surface area contributed by atoms with E-state index in [1.807, 2.05) is 24.3 Å². The average molecular weight is 303 g/mol. The first-order valence-electron chi connectivity index (χ1n) is 6.56. The molecule has 0 fully saturated rings. The predicted molar refractivity (Wildman–Crippen MR) is 84.0 cm³/mol. The number of hydrogen-bond donors (Lipinski definition) is 1. The zero-order valence-corrected chi connectivity index (χ0v) is 12.3. The van der Waals surface area contributed by atoms with Crippen molar-refractivity contribution in [1.29, 1.82) is 0 Å². The second kappa shape index (κ2) is 6.95. The molecule has 0 aliphatic heterocycles. The van der Waals surface area contributed by atoms with E-state index in [-0.39, 0.29) is 0 Å². The second-order valence-electron chi connectivity index (χ2n) is 4.43. The van der Waals surface area contributed by atoms with Crippen molar-refractivity contribution in [2.75, 3.05) is 0 Å². The van der Waals surface area contributed by atoms with Crippen molar-refractivity contribution in [2.24, 2.45) is 0 Å². The van der Waals surface area contributed by atoms with Crippen LogP contribution in [0.15, 0.2) is 48.5 Å². The van der Waals surface area contributed by atoms with Crippen LogP contribution in [0.4, 0.5) is 0 Å². The fourth-order valence-corrected chi connectivity index (χ4v) is 2.09. The molecule has 0 radical (unpaired) electrons. The minimum Gasteiger partial charge on any atom is -0.478 e. The van der Waals surface area contributed by atoms with Crippen LogP contribution in [0.2, 0.25) is 5.02 Å². The number of rotatable bonds is 5. The zero-order valence-electron chi connectivity index (χ0n) is 11.5. The van der Waals surface area contributed by atoms with Gasteiger partial charge in [0.1, 0.15) is 5.75 Å². The quantitative estimate of drug-likeness (QED) is 0.808. The van der Waals surface area contributed by atoms with E-state index in [2.05, 4.69) is 6.92 Å². The Morgan fingerprint density at radius 3 is 2.76 bits per heavy atom. The molecule has 1 N–H and O–H groups in total. The molecule has 0 spiro atoms. The van der Waals surface area contributed by atoms with Gasteiger partial charge in [-0.1, -0.05) is 42.8 Å². The molecule has 0 atom stereocenters. The Labute approximate surface area is 128 Å². The number of aryl methyl sites for hydroxylation is 1. The molecule has 2 aromatic rings. The average Bonchev–Trinajstić information content (AvgIpc) is 2.48. The normalized spacial score (nSPS) is 10.8. The van der Waals surface area contributed by atoms with Gasteiger partial charge in [0, 0.05) is 11.6 Å². The van der Waals surface area contributed by atoms with Gasteiger partial charge in [0.25, 0.3) is 0 Å². The lowest BCUT2D eigenvalue weighted by Crippen LogP contribution is -1.91. The predicted octanol–water partition coefficient (Wildman–Crippen LogP) is 4.79. The Balaban J connectivity index is 2.36. The van der Waals surface area contributed by atoms with E-state index in [1.165, 1.54) is 6.08 Å². The van der Waals surface area contributed by atoms with Crippen LogP contribution >= 0.6 is 11.6 Å². The van der Waals surface area contributed by atoms with Crippen LogP contribution in [0.25, 0.3) is 6.08 Å². The summed E-state index contributed by atoms with van der Waals surface area (Å²) in [6.07, 6.45) is 3.43. The summed E-state index contributed by atoms with van der Waals surface area (Å²) in [7, 11) is 0. The summed E-state index contributed by atoms with van der Waals surface area (Å²) in [5.41, 5.74) is 1.77. The van der Waals surface area contributed by atoms with Crippen molar-refractivity contribution < 1.29 is 14.6 Å². The fraction of sp³-hybridized carbons (Fsp3) is 0.118. The Bertz CT molecular complexity index is 677. The van der Waals surface area contributed by atoms with Gasteiger partial charge in [-0.25, -0.2) is 4.79 Å². The highest BCUT2D eigenvalue weighted by molar-refractivity contribution is 6.32. The standard InChI is InChI=1S/C17H15ClO3/c1-2-12-5-3-7-14(11-12)21-17-13(9-10-16(19)20)6-4-8-15(17)18/h3-11H,2H2,1H3,(H,19,20)/b10-9+. The molecule has 0 aliphatic rings. The number of ether oxygens (including phenoxy) is 1. The maximum Gasteiger partial charge on any atom is 0.328 e. The van der Waals surface area contributed by atoms with Crippen molar-refractivity contribution in [2.45, 2.75) is 13.3 Å². The molecule has 0 bridgehead atoms. The topological polar surface area (TPSA) is 46.5 Å². The molecule has 0 heterocycles. The second-order valence-corrected chi connectivity index (χ2v) is 4.84. The summed E-state index contributed by atoms with van der Waals surface area (Å²) in [4.78, 5) is 10.7. The summed E-state index contributed by atoms with van der Waals surface area (Å²) in [5.74, 6) is 0.103. The van der Waals surface area contributed by atoms with E-state index in [0.717, 1.165) is 18.1 Å². The Kier molecular flexibility index (Phi) is 5.01. The molecule has 108 valence electrons. The third-order valence-corrected chi connectivity index (χ3v) is 3.23. The summed E-state index contributed by atoms with van der Waals surface area (Å²) < 4.78 is 5.84. The van der Waals surface area contributed by atoms with Crippen LogP contribution in [0.3, 0.4) is 0 Å². The first-order valence-corrected chi connectivity index (χ1v) is 6.94. The van der Waals surface area contributed by atoms with Crippen molar-refractivity contribution >= 4 is 23.6 Å². The lowest BCUT2D eigenvalue weighted by atomic mass is 10.1. The molecule has 21 heavy (non-hydrogen) atoms. The molecule has 3 nitrogen and oxygen atoms in total. The third kappa shape index (κ3) is 4.10. The molecule has 0 amide bonds. The number of para-hydroxylation sites is 1. The van der Waals surface area contributed by atoms with Gasteiger partial charge in [-0.3, -0.25) is 0 Å². The molecule has 4 heteroatoms. The Hall–Kier alpha value is -2.26. The van der Waals surface area contributed by atoms with Gasteiger partial charge in [-0.2, -0.15) is 0 Å². The van der Waals surface area contributed by atoms with Crippen LogP contribution in [-0.2, 0) is 11.2 Å². The third-order valence-electron chi connectivity index (χ3n) is 2.93. The lowest BCUT2D eigenvalue weighted by molar-refractivity contribution is -0.131. The van der Waals surface area contributed by atoms with Gasteiger partial charge in [0.2, 0.25) is 0 Å². The van der Waals surface area contributed by atoms with Crippen molar-refractivity contribution in [3.05, 3.63) is 64.7 Å². The maximum atomic E-state index is 10.7. The van der Waals surface area contributed by atoms with E-state index in [0.29, 0.717) is 22.1 Å². The molecule has 0 saturated heterocycles. The molecular formula is C17H15ClO3. The first-order chi connectivity index (χ1) is 10.1. The molecule has 2 rings (SSSR count). The smallest absolute Gasteiger partial charge is 0.328 e. The Morgan fingerprint density at radius 1 is 1.29 bits per heavy atom. The molecule has 0 saturated carbocycles. The first kappa shape index (κ1) is 15.1. The number of hydrogen-bond acceptors (Lipinski definition) is 2. The van der Waals surface area contributed by atoms with Gasteiger partial charge < -0.3 is 9.84 Å². The van der Waals surface area contributed by atoms with Gasteiger partial charge in [0.15, 0.2) is 5.75 Å². The van der Waals surface area contributed by atoms with E-state index in [1.54, 1.807) is 18.2 Å². The highest BCUT2D eigenvalue weighted by Crippen LogP contribution is 2.34. The van der Waals surface area contributed by atoms with E-state index in [4.69, 9.17) is 21.4 Å². The summed E-state index contributed by atoms with van der Waals surface area (Å²) in [6.45, 7) is 2.07. The molecular weight excluding hydrogens is 288 g/mol. The number of carboxylic acids is 1. The number of aliphatic carboxylic acids is 1. The minimum atomic E-state index is -1.02. The highest BCUT2D eigenvalue weighted by atomic mass is 35.5. The lowest BCUT2D eigenvalue weighted by Gasteiger charge is -2.11. The van der Waals surface area contributed by atoms with E-state index < -0.39 is 5.97 Å². The van der Waals surface area contributed by atoms with Crippen LogP contribution in [0.5, 0.6) is 11.5 Å². The highest BCUT2D eigenvalue weighted by Gasteiger charge is 2.08. The van der Waals surface area contributed by atoms with Gasteiger partial charge in [-0.15, -0.1) is 0 Å². The molecule has 0 aromatic heterocycles. The SMILES string of the molecule is CCc1cccc(Oc2c(Cl)cccc2/C=C/C(=O)O)c1. The van der Waals surface area contributed by atoms with Crippen molar-refractivity contribution in [1.82, 2.24) is 0 Å². The molecule has 2 aromatic carbocycles. The van der Waals surface area contributed by atoms with Crippen molar-refractivity contribution in [3.63, 3.8) is 0 Å². The fourth-order valence-electron chi connectivity index (χ4n) is 1.87. The van der Waals surface area contributed by atoms with Crippen LogP contribution < -0.4 is 4.74 Å². The molecule has 0 aliphatic carbocycles. The van der Waals surface area contributed by atoms with E-state index >= 15 is 0 Å². The van der Waals surface area contributed by atoms with Crippen LogP contribution in [-0.4, -0.2) is 11.1 Å². The van der Waals surface area contributed by atoms with Crippen molar-refractivity contribution in [3.8, 4) is 11.5 Å². The van der Waals surface area contributed by atoms with Gasteiger partial charge in [-0.05, 0) is 36.3 Å². The number of carbonyl (C=O) groups is 1. The van der Waals surface area contributed by atoms with Gasteiger partial charge >= 0.3 is 5.97 Å². The van der Waals surface area contributed by atoms with Crippen LogP contribution in [0.1, 0.15) is 18.1 Å². The number of halogens is 1. The summed E-state index contributed by atoms with van der Waals surface area (Å²) >= 11 is 6.16. The van der Waals surface area contributed by atoms with E-state index in [9.17, 15) is 4.79 Å². The number of benzene rings is 2. The van der Waals surface area contributed by atoms with Crippen LogP contribution in [0, 0.1) is 0 Å². The molecule has 0 unspecified atom stereocenters. The summed E-state index contributed by atoms with van der Waals surface area (Å²) in [5, 5.41) is 9.17. The number of carboxylic acid groups (broad SMARTS) is 1. The van der Waals surface area contributed by atoms with Gasteiger partial charge in [0.05, 0.1) is 5.02 Å². The monoisotopic (exact) mass is 302 g/mol. The Morgan fingerprint density at radius 2 is 2.05 bits per heavy atom. The maximum absolute atomic E-state index is 10.7. The minimum absolute atomic E-state index is 0.435. The largest absolute Gasteiger partial charge is 0.478 e.